The highest BCUT2D eigenvalue weighted by molar-refractivity contribution is 6.33. The van der Waals surface area contributed by atoms with Gasteiger partial charge < -0.3 is 21.5 Å². The number of urea groups is 1. The van der Waals surface area contributed by atoms with Gasteiger partial charge in [0, 0.05) is 5.69 Å². The van der Waals surface area contributed by atoms with Crippen molar-refractivity contribution in [2.24, 2.45) is 0 Å². The minimum absolute atomic E-state index is 0.0932. The van der Waals surface area contributed by atoms with E-state index in [2.05, 4.69) is 10.6 Å². The SMILES string of the molecule is Nc1ccc(NC(=O)Nc2ccccc2Cl)c(C(=O)O)c1. The van der Waals surface area contributed by atoms with E-state index in [1.807, 2.05) is 0 Å². The highest BCUT2D eigenvalue weighted by Gasteiger charge is 2.13. The van der Waals surface area contributed by atoms with Gasteiger partial charge in [-0.2, -0.15) is 0 Å². The van der Waals surface area contributed by atoms with E-state index in [1.54, 1.807) is 24.3 Å². The summed E-state index contributed by atoms with van der Waals surface area (Å²) >= 11 is 5.92. The summed E-state index contributed by atoms with van der Waals surface area (Å²) < 4.78 is 0. The van der Waals surface area contributed by atoms with Crippen molar-refractivity contribution in [3.8, 4) is 0 Å². The molecule has 0 spiro atoms. The molecular weight excluding hydrogens is 294 g/mol. The van der Waals surface area contributed by atoms with Crippen LogP contribution in [0.4, 0.5) is 21.9 Å². The summed E-state index contributed by atoms with van der Waals surface area (Å²) in [4.78, 5) is 23.0. The van der Waals surface area contributed by atoms with Crippen LogP contribution in [0.15, 0.2) is 42.5 Å². The number of halogens is 1. The minimum Gasteiger partial charge on any atom is -0.478 e. The maximum atomic E-state index is 11.9. The standard InChI is InChI=1S/C14H12ClN3O3/c15-10-3-1-2-4-12(10)18-14(21)17-11-6-5-8(16)7-9(11)13(19)20/h1-7H,16H2,(H,19,20)(H2,17,18,21). The van der Waals surface area contributed by atoms with Gasteiger partial charge >= 0.3 is 12.0 Å². The number of aromatic carboxylic acids is 1. The summed E-state index contributed by atoms with van der Waals surface area (Å²) in [5, 5.41) is 14.4. The molecule has 0 fully saturated rings. The molecule has 2 amide bonds. The first-order valence-corrected chi connectivity index (χ1v) is 6.30. The van der Waals surface area contributed by atoms with Gasteiger partial charge in [0.2, 0.25) is 0 Å². The van der Waals surface area contributed by atoms with Crippen LogP contribution in [-0.2, 0) is 0 Å². The number of para-hydroxylation sites is 1. The number of nitrogens with one attached hydrogen (secondary N) is 2. The number of nitrogen functional groups attached to an aromatic ring is 1. The molecule has 2 aromatic carbocycles. The number of carboxylic acids is 1. The third kappa shape index (κ3) is 3.64. The lowest BCUT2D eigenvalue weighted by atomic mass is 10.1. The summed E-state index contributed by atoms with van der Waals surface area (Å²) in [7, 11) is 0. The van der Waals surface area contributed by atoms with Crippen molar-refractivity contribution < 1.29 is 14.7 Å². The van der Waals surface area contributed by atoms with Crippen molar-refractivity contribution >= 4 is 40.7 Å². The Labute approximate surface area is 125 Å². The summed E-state index contributed by atoms with van der Waals surface area (Å²) in [6.07, 6.45) is 0. The zero-order valence-electron chi connectivity index (χ0n) is 10.8. The molecule has 0 aromatic heterocycles. The van der Waals surface area contributed by atoms with Gasteiger partial charge in [-0.1, -0.05) is 23.7 Å². The van der Waals surface area contributed by atoms with Gasteiger partial charge in [-0.15, -0.1) is 0 Å². The molecule has 5 N–H and O–H groups in total. The molecular formula is C14H12ClN3O3. The highest BCUT2D eigenvalue weighted by atomic mass is 35.5. The normalized spacial score (nSPS) is 9.95. The van der Waals surface area contributed by atoms with Crippen LogP contribution in [0.3, 0.4) is 0 Å². The molecule has 0 unspecified atom stereocenters. The fraction of sp³-hybridized carbons (Fsp3) is 0. The third-order valence-electron chi connectivity index (χ3n) is 2.64. The number of amides is 2. The van der Waals surface area contributed by atoms with E-state index >= 15 is 0 Å². The zero-order valence-corrected chi connectivity index (χ0v) is 11.5. The van der Waals surface area contributed by atoms with E-state index in [0.717, 1.165) is 0 Å². The maximum Gasteiger partial charge on any atom is 0.337 e. The van der Waals surface area contributed by atoms with E-state index in [4.69, 9.17) is 22.4 Å². The predicted octanol–water partition coefficient (Wildman–Crippen LogP) is 3.26. The quantitative estimate of drug-likeness (QED) is 0.653. The fourth-order valence-corrected chi connectivity index (χ4v) is 1.87. The molecule has 7 heteroatoms. The fourth-order valence-electron chi connectivity index (χ4n) is 1.69. The lowest BCUT2D eigenvalue weighted by Crippen LogP contribution is -2.21. The van der Waals surface area contributed by atoms with Crippen LogP contribution in [0.2, 0.25) is 5.02 Å². The lowest BCUT2D eigenvalue weighted by molar-refractivity contribution is 0.0698. The first-order chi connectivity index (χ1) is 9.97. The van der Waals surface area contributed by atoms with Crippen LogP contribution < -0.4 is 16.4 Å². The van der Waals surface area contributed by atoms with E-state index in [0.29, 0.717) is 16.4 Å². The molecule has 0 saturated carbocycles. The number of carbonyl (C=O) groups excluding carboxylic acids is 1. The van der Waals surface area contributed by atoms with Crippen LogP contribution in [0.1, 0.15) is 10.4 Å². The zero-order chi connectivity index (χ0) is 15.4. The second-order valence-electron chi connectivity index (χ2n) is 4.17. The average molecular weight is 306 g/mol. The first kappa shape index (κ1) is 14.7. The van der Waals surface area contributed by atoms with Crippen molar-refractivity contribution in [2.45, 2.75) is 0 Å². The highest BCUT2D eigenvalue weighted by Crippen LogP contribution is 2.22. The summed E-state index contributed by atoms with van der Waals surface area (Å²) in [6, 6.07) is 10.3. The molecule has 2 aromatic rings. The monoisotopic (exact) mass is 305 g/mol. The second-order valence-corrected chi connectivity index (χ2v) is 4.58. The Morgan fingerprint density at radius 2 is 1.71 bits per heavy atom. The van der Waals surface area contributed by atoms with Gasteiger partial charge in [0.05, 0.1) is 22.0 Å². The van der Waals surface area contributed by atoms with Gasteiger partial charge in [0.15, 0.2) is 0 Å². The molecule has 0 atom stereocenters. The number of carbonyl (C=O) groups is 2. The minimum atomic E-state index is -1.18. The topological polar surface area (TPSA) is 104 Å². The molecule has 0 heterocycles. The molecule has 0 radical (unpaired) electrons. The van der Waals surface area contributed by atoms with Crippen molar-refractivity contribution in [1.82, 2.24) is 0 Å². The van der Waals surface area contributed by atoms with Gasteiger partial charge in [-0.05, 0) is 30.3 Å². The smallest absolute Gasteiger partial charge is 0.337 e. The Morgan fingerprint density at radius 3 is 2.38 bits per heavy atom. The summed E-state index contributed by atoms with van der Waals surface area (Å²) in [5.41, 5.74) is 6.29. The second kappa shape index (κ2) is 6.15. The first-order valence-electron chi connectivity index (χ1n) is 5.92. The molecule has 0 aliphatic rings. The molecule has 21 heavy (non-hydrogen) atoms. The number of hydrogen-bond donors (Lipinski definition) is 4. The largest absolute Gasteiger partial charge is 0.478 e. The van der Waals surface area contributed by atoms with Crippen molar-refractivity contribution in [1.29, 1.82) is 0 Å². The van der Waals surface area contributed by atoms with Crippen LogP contribution in [0.5, 0.6) is 0 Å². The Balaban J connectivity index is 2.17. The number of rotatable bonds is 3. The van der Waals surface area contributed by atoms with E-state index < -0.39 is 12.0 Å². The van der Waals surface area contributed by atoms with Crippen molar-refractivity contribution in [3.05, 3.63) is 53.1 Å². The number of nitrogens with two attached hydrogens (primary N) is 1. The molecule has 108 valence electrons. The number of benzene rings is 2. The summed E-state index contributed by atoms with van der Waals surface area (Å²) in [5.74, 6) is -1.18. The number of anilines is 3. The predicted molar refractivity (Wildman–Crippen MR) is 81.9 cm³/mol. The summed E-state index contributed by atoms with van der Waals surface area (Å²) in [6.45, 7) is 0. The molecule has 0 saturated heterocycles. The Hall–Kier alpha value is -2.73. The van der Waals surface area contributed by atoms with E-state index in [1.165, 1.54) is 18.2 Å². The van der Waals surface area contributed by atoms with Gasteiger partial charge in [0.1, 0.15) is 0 Å². The van der Waals surface area contributed by atoms with Crippen LogP contribution in [-0.4, -0.2) is 17.1 Å². The number of carboxylic acid groups (broad SMARTS) is 1. The van der Waals surface area contributed by atoms with Crippen LogP contribution in [0, 0.1) is 0 Å². The lowest BCUT2D eigenvalue weighted by Gasteiger charge is -2.11. The van der Waals surface area contributed by atoms with Crippen LogP contribution >= 0.6 is 11.6 Å². The van der Waals surface area contributed by atoms with Crippen LogP contribution in [0.25, 0.3) is 0 Å². The molecule has 6 nitrogen and oxygen atoms in total. The molecule has 0 aliphatic heterocycles. The number of hydrogen-bond acceptors (Lipinski definition) is 3. The van der Waals surface area contributed by atoms with Gasteiger partial charge in [0.25, 0.3) is 0 Å². The third-order valence-corrected chi connectivity index (χ3v) is 2.97. The van der Waals surface area contributed by atoms with E-state index in [-0.39, 0.29) is 11.3 Å². The Bertz CT molecular complexity index is 704. The Morgan fingerprint density at radius 1 is 1.05 bits per heavy atom. The van der Waals surface area contributed by atoms with Crippen molar-refractivity contribution in [2.75, 3.05) is 16.4 Å². The van der Waals surface area contributed by atoms with E-state index in [9.17, 15) is 9.59 Å². The molecule has 0 bridgehead atoms. The average Bonchev–Trinajstić information content (AvgIpc) is 2.43. The molecule has 2 rings (SSSR count). The Kier molecular flexibility index (Phi) is 4.30. The van der Waals surface area contributed by atoms with Gasteiger partial charge in [-0.3, -0.25) is 0 Å². The maximum absolute atomic E-state index is 11.9. The van der Waals surface area contributed by atoms with Crippen molar-refractivity contribution in [3.63, 3.8) is 0 Å². The van der Waals surface area contributed by atoms with Gasteiger partial charge in [-0.25, -0.2) is 9.59 Å². The molecule has 0 aliphatic carbocycles.